The molecule has 5 nitrogen and oxygen atoms in total. The Labute approximate surface area is 208 Å². The van der Waals surface area contributed by atoms with Gasteiger partial charge in [-0.3, -0.25) is 9.59 Å². The minimum absolute atomic E-state index is 0.212. The van der Waals surface area contributed by atoms with Crippen molar-refractivity contribution in [2.24, 2.45) is 0 Å². The molecule has 0 fully saturated rings. The van der Waals surface area contributed by atoms with Gasteiger partial charge in [0.05, 0.1) is 0 Å². The number of hydrogen-bond donors (Lipinski definition) is 1. The van der Waals surface area contributed by atoms with Crippen molar-refractivity contribution < 1.29 is 18.7 Å². The number of rotatable bonds is 11. The molecule has 0 unspecified atom stereocenters. The van der Waals surface area contributed by atoms with Crippen molar-refractivity contribution in [1.82, 2.24) is 10.2 Å². The number of ether oxygens (including phenoxy) is 1. The zero-order chi connectivity index (χ0) is 24.3. The van der Waals surface area contributed by atoms with E-state index in [0.717, 1.165) is 22.0 Å². The van der Waals surface area contributed by atoms with Gasteiger partial charge < -0.3 is 15.0 Å². The number of carbonyl (C=O) groups excluding carboxylic acids is 2. The van der Waals surface area contributed by atoms with E-state index in [2.05, 4.69) is 21.2 Å². The van der Waals surface area contributed by atoms with Crippen molar-refractivity contribution in [3.05, 3.63) is 100 Å². The highest BCUT2D eigenvalue weighted by atomic mass is 79.9. The molecule has 0 spiro atoms. The van der Waals surface area contributed by atoms with Crippen LogP contribution in [0.3, 0.4) is 0 Å². The third-order valence-electron chi connectivity index (χ3n) is 5.24. The van der Waals surface area contributed by atoms with Gasteiger partial charge in [-0.15, -0.1) is 0 Å². The minimum atomic E-state index is -0.725. The second-order valence-electron chi connectivity index (χ2n) is 7.89. The van der Waals surface area contributed by atoms with E-state index in [4.69, 9.17) is 4.74 Å². The first-order valence-corrected chi connectivity index (χ1v) is 12.0. The van der Waals surface area contributed by atoms with Gasteiger partial charge in [0.2, 0.25) is 5.91 Å². The van der Waals surface area contributed by atoms with Crippen LogP contribution in [0.5, 0.6) is 5.75 Å². The molecule has 0 saturated heterocycles. The molecule has 1 N–H and O–H groups in total. The number of halogens is 2. The zero-order valence-electron chi connectivity index (χ0n) is 19.0. The van der Waals surface area contributed by atoms with Crippen LogP contribution in [0, 0.1) is 5.82 Å². The van der Waals surface area contributed by atoms with Crippen LogP contribution < -0.4 is 10.1 Å². The first kappa shape index (κ1) is 25.4. The SMILES string of the molecule is CCCNC(=O)[C@@H](Cc1ccccc1)N(Cc1cccc(Br)c1)C(=O)COc1ccc(F)cc1. The Balaban J connectivity index is 1.88. The number of benzene rings is 3. The Morgan fingerprint density at radius 1 is 1.00 bits per heavy atom. The van der Waals surface area contributed by atoms with E-state index < -0.39 is 6.04 Å². The van der Waals surface area contributed by atoms with Gasteiger partial charge in [-0.2, -0.15) is 0 Å². The third kappa shape index (κ3) is 7.70. The molecule has 0 saturated carbocycles. The van der Waals surface area contributed by atoms with E-state index in [1.165, 1.54) is 24.3 Å². The van der Waals surface area contributed by atoms with Crippen LogP contribution in [-0.2, 0) is 22.6 Å². The first-order valence-electron chi connectivity index (χ1n) is 11.2. The van der Waals surface area contributed by atoms with Crippen molar-refractivity contribution in [1.29, 1.82) is 0 Å². The summed E-state index contributed by atoms with van der Waals surface area (Å²) < 4.78 is 19.7. The summed E-state index contributed by atoms with van der Waals surface area (Å²) in [5, 5.41) is 2.94. The Morgan fingerprint density at radius 2 is 1.71 bits per heavy atom. The molecule has 2 amide bonds. The van der Waals surface area contributed by atoms with E-state index in [1.807, 2.05) is 61.5 Å². The highest BCUT2D eigenvalue weighted by Crippen LogP contribution is 2.19. The van der Waals surface area contributed by atoms with Crippen LogP contribution in [0.1, 0.15) is 24.5 Å². The van der Waals surface area contributed by atoms with Crippen molar-refractivity contribution >= 4 is 27.7 Å². The molecule has 0 radical (unpaired) electrons. The van der Waals surface area contributed by atoms with Gasteiger partial charge in [0, 0.05) is 24.0 Å². The lowest BCUT2D eigenvalue weighted by Crippen LogP contribution is -2.51. The van der Waals surface area contributed by atoms with Crippen molar-refractivity contribution in [2.75, 3.05) is 13.2 Å². The van der Waals surface area contributed by atoms with E-state index in [9.17, 15) is 14.0 Å². The average molecular weight is 527 g/mol. The summed E-state index contributed by atoms with van der Waals surface area (Å²) in [6.45, 7) is 2.47. The molecule has 0 aliphatic rings. The van der Waals surface area contributed by atoms with Gasteiger partial charge in [0.15, 0.2) is 6.61 Å². The maximum absolute atomic E-state index is 13.4. The van der Waals surface area contributed by atoms with Crippen LogP contribution in [-0.4, -0.2) is 35.9 Å². The summed E-state index contributed by atoms with van der Waals surface area (Å²) >= 11 is 3.47. The fourth-order valence-electron chi connectivity index (χ4n) is 3.51. The van der Waals surface area contributed by atoms with Gasteiger partial charge in [-0.1, -0.05) is 65.3 Å². The maximum atomic E-state index is 13.4. The summed E-state index contributed by atoms with van der Waals surface area (Å²) in [6, 6.07) is 22.0. The van der Waals surface area contributed by atoms with E-state index in [0.29, 0.717) is 18.7 Å². The molecule has 3 aromatic carbocycles. The van der Waals surface area contributed by atoms with Crippen LogP contribution in [0.4, 0.5) is 4.39 Å². The normalized spacial score (nSPS) is 11.5. The summed E-state index contributed by atoms with van der Waals surface area (Å²) in [4.78, 5) is 28.2. The molecule has 0 aromatic heterocycles. The molecular formula is C27H28BrFN2O3. The van der Waals surface area contributed by atoms with Crippen LogP contribution >= 0.6 is 15.9 Å². The molecule has 34 heavy (non-hydrogen) atoms. The number of carbonyl (C=O) groups is 2. The summed E-state index contributed by atoms with van der Waals surface area (Å²) in [5.41, 5.74) is 1.83. The van der Waals surface area contributed by atoms with E-state index >= 15 is 0 Å². The first-order chi connectivity index (χ1) is 16.5. The Hall–Kier alpha value is -3.19. The van der Waals surface area contributed by atoms with Crippen LogP contribution in [0.2, 0.25) is 0 Å². The lowest BCUT2D eigenvalue weighted by Gasteiger charge is -2.31. The number of hydrogen-bond acceptors (Lipinski definition) is 3. The maximum Gasteiger partial charge on any atom is 0.261 e. The average Bonchev–Trinajstić information content (AvgIpc) is 2.85. The van der Waals surface area contributed by atoms with E-state index in [-0.39, 0.29) is 30.8 Å². The summed E-state index contributed by atoms with van der Waals surface area (Å²) in [6.07, 6.45) is 1.16. The highest BCUT2D eigenvalue weighted by molar-refractivity contribution is 9.10. The molecule has 178 valence electrons. The lowest BCUT2D eigenvalue weighted by molar-refractivity contribution is -0.142. The summed E-state index contributed by atoms with van der Waals surface area (Å²) in [7, 11) is 0. The second kappa shape index (κ2) is 12.9. The molecule has 1 atom stereocenters. The predicted molar refractivity (Wildman–Crippen MR) is 134 cm³/mol. The third-order valence-corrected chi connectivity index (χ3v) is 5.73. The Morgan fingerprint density at radius 3 is 2.38 bits per heavy atom. The van der Waals surface area contributed by atoms with Gasteiger partial charge in [-0.05, 0) is 53.9 Å². The Bertz CT molecular complexity index is 1080. The van der Waals surface area contributed by atoms with Gasteiger partial charge >= 0.3 is 0 Å². The predicted octanol–water partition coefficient (Wildman–Crippen LogP) is 5.13. The molecule has 0 heterocycles. The van der Waals surface area contributed by atoms with Crippen LogP contribution in [0.25, 0.3) is 0 Å². The quantitative estimate of drug-likeness (QED) is 0.376. The fraction of sp³-hybridized carbons (Fsp3) is 0.259. The van der Waals surface area contributed by atoms with Gasteiger partial charge in [-0.25, -0.2) is 4.39 Å². The van der Waals surface area contributed by atoms with Crippen molar-refractivity contribution in [3.63, 3.8) is 0 Å². The number of amides is 2. The van der Waals surface area contributed by atoms with Crippen LogP contribution in [0.15, 0.2) is 83.3 Å². The van der Waals surface area contributed by atoms with Gasteiger partial charge in [0.25, 0.3) is 5.91 Å². The second-order valence-corrected chi connectivity index (χ2v) is 8.81. The van der Waals surface area contributed by atoms with Gasteiger partial charge in [0.1, 0.15) is 17.6 Å². The fourth-order valence-corrected chi connectivity index (χ4v) is 3.96. The lowest BCUT2D eigenvalue weighted by atomic mass is 10.0. The molecule has 7 heteroatoms. The topological polar surface area (TPSA) is 58.6 Å². The highest BCUT2D eigenvalue weighted by Gasteiger charge is 2.30. The zero-order valence-corrected chi connectivity index (χ0v) is 20.6. The monoisotopic (exact) mass is 526 g/mol. The summed E-state index contributed by atoms with van der Waals surface area (Å²) in [5.74, 6) is -0.551. The molecule has 0 bridgehead atoms. The molecule has 3 rings (SSSR count). The smallest absolute Gasteiger partial charge is 0.261 e. The molecule has 0 aliphatic carbocycles. The number of nitrogens with zero attached hydrogens (tertiary/aromatic N) is 1. The van der Waals surface area contributed by atoms with E-state index in [1.54, 1.807) is 4.90 Å². The molecule has 3 aromatic rings. The Kier molecular flexibility index (Phi) is 9.64. The standard InChI is InChI=1S/C27H28BrFN2O3/c1-2-15-30-27(33)25(17-20-7-4-3-5-8-20)31(18-21-9-6-10-22(28)16-21)26(32)19-34-24-13-11-23(29)12-14-24/h3-14,16,25H,2,15,17-19H2,1H3,(H,30,33)/t25-/m1/s1. The molecule has 0 aliphatic heterocycles. The van der Waals surface area contributed by atoms with Crippen molar-refractivity contribution in [3.8, 4) is 5.75 Å². The minimum Gasteiger partial charge on any atom is -0.484 e. The largest absolute Gasteiger partial charge is 0.484 e. The van der Waals surface area contributed by atoms with Crippen molar-refractivity contribution in [2.45, 2.75) is 32.4 Å². The molecular weight excluding hydrogens is 499 g/mol. The number of nitrogens with one attached hydrogen (secondary N) is 1.